The zero-order chi connectivity index (χ0) is 16.1. The lowest BCUT2D eigenvalue weighted by Crippen LogP contribution is -2.04. The second-order valence-electron chi connectivity index (χ2n) is 4.76. The highest BCUT2D eigenvalue weighted by atomic mass is 31.1. The molecule has 0 radical (unpaired) electrons. The fourth-order valence-corrected chi connectivity index (χ4v) is 2.25. The Morgan fingerprint density at radius 2 is 1.05 bits per heavy atom. The predicted molar refractivity (Wildman–Crippen MR) is 82.2 cm³/mol. The molecule has 114 valence electrons. The fourth-order valence-electron chi connectivity index (χ4n) is 1.67. The van der Waals surface area contributed by atoms with E-state index in [1.54, 1.807) is 48.5 Å². The van der Waals surface area contributed by atoms with Crippen molar-refractivity contribution in [2.75, 3.05) is 0 Å². The third kappa shape index (κ3) is 4.30. The van der Waals surface area contributed by atoms with Crippen LogP contribution in [0, 0.1) is 13.8 Å². The van der Waals surface area contributed by atoms with Crippen molar-refractivity contribution in [3.63, 3.8) is 0 Å². The van der Waals surface area contributed by atoms with Crippen molar-refractivity contribution in [3.8, 4) is 0 Å². The van der Waals surface area contributed by atoms with E-state index in [2.05, 4.69) is 9.05 Å². The maximum Gasteiger partial charge on any atom is 0.423 e. The Morgan fingerprint density at radius 3 is 1.36 bits per heavy atom. The Hall–Kier alpha value is -2.39. The molecule has 0 heterocycles. The van der Waals surface area contributed by atoms with Crippen LogP contribution in [0.2, 0.25) is 0 Å². The van der Waals surface area contributed by atoms with E-state index < -0.39 is 20.2 Å². The summed E-state index contributed by atoms with van der Waals surface area (Å²) in [6, 6.07) is 13.1. The molecular formula is C16H15O5P. The summed E-state index contributed by atoms with van der Waals surface area (Å²) in [6.07, 6.45) is 0. The molecule has 0 spiro atoms. The molecule has 0 fully saturated rings. The van der Waals surface area contributed by atoms with Gasteiger partial charge in [0.15, 0.2) is 0 Å². The van der Waals surface area contributed by atoms with Crippen LogP contribution in [0.3, 0.4) is 0 Å². The summed E-state index contributed by atoms with van der Waals surface area (Å²) in [5.74, 6) is -1.58. The largest absolute Gasteiger partial charge is 0.423 e. The Bertz CT molecular complexity index is 643. The van der Waals surface area contributed by atoms with Gasteiger partial charge in [0.1, 0.15) is 0 Å². The van der Waals surface area contributed by atoms with Gasteiger partial charge in [-0.05, 0) is 38.1 Å². The van der Waals surface area contributed by atoms with Crippen molar-refractivity contribution in [1.29, 1.82) is 0 Å². The molecule has 0 amide bonds. The Morgan fingerprint density at radius 1 is 0.727 bits per heavy atom. The summed E-state index contributed by atoms with van der Waals surface area (Å²) in [4.78, 5) is 23.5. The zero-order valence-corrected chi connectivity index (χ0v) is 13.2. The Labute approximate surface area is 128 Å². The molecule has 2 aromatic rings. The van der Waals surface area contributed by atoms with Gasteiger partial charge in [-0.1, -0.05) is 35.4 Å². The minimum absolute atomic E-state index is 0.246. The Balaban J connectivity index is 1.95. The number of rotatable bonds is 4. The van der Waals surface area contributed by atoms with Gasteiger partial charge in [0.05, 0.1) is 11.1 Å². The topological polar surface area (TPSA) is 69.7 Å². The molecular weight excluding hydrogens is 303 g/mol. The summed E-state index contributed by atoms with van der Waals surface area (Å²) >= 11 is 0. The molecule has 22 heavy (non-hydrogen) atoms. The van der Waals surface area contributed by atoms with Crippen LogP contribution in [0.25, 0.3) is 0 Å². The lowest BCUT2D eigenvalue weighted by molar-refractivity contribution is 0.0653. The minimum Gasteiger partial charge on any atom is -0.381 e. The van der Waals surface area contributed by atoms with E-state index in [0.29, 0.717) is 0 Å². The number of hydrogen-bond donors (Lipinski definition) is 0. The zero-order valence-electron chi connectivity index (χ0n) is 12.2. The van der Waals surface area contributed by atoms with Crippen LogP contribution in [0.1, 0.15) is 31.8 Å². The van der Waals surface area contributed by atoms with Gasteiger partial charge >= 0.3 is 20.2 Å². The first kappa shape index (κ1) is 16.0. The van der Waals surface area contributed by atoms with Gasteiger partial charge in [-0.3, -0.25) is 0 Å². The molecule has 0 unspecified atom stereocenters. The van der Waals surface area contributed by atoms with E-state index in [9.17, 15) is 14.2 Å². The molecule has 0 aromatic heterocycles. The van der Waals surface area contributed by atoms with Crippen LogP contribution in [0.15, 0.2) is 48.5 Å². The molecule has 5 nitrogen and oxygen atoms in total. The van der Waals surface area contributed by atoms with Crippen molar-refractivity contribution < 1.29 is 23.2 Å². The molecule has 2 aromatic carbocycles. The average Bonchev–Trinajstić information content (AvgIpc) is 2.48. The quantitative estimate of drug-likeness (QED) is 0.804. The van der Waals surface area contributed by atoms with Gasteiger partial charge in [0.2, 0.25) is 0 Å². The van der Waals surface area contributed by atoms with Crippen LogP contribution < -0.4 is 0 Å². The summed E-state index contributed by atoms with van der Waals surface area (Å²) in [5.41, 5.74) is 2.45. The number of aryl methyl sites for hydroxylation is 2. The van der Waals surface area contributed by atoms with Gasteiger partial charge in [0.25, 0.3) is 0 Å². The van der Waals surface area contributed by atoms with Crippen molar-refractivity contribution >= 4 is 20.2 Å². The highest BCUT2D eigenvalue weighted by molar-refractivity contribution is 7.34. The first-order chi connectivity index (χ1) is 10.5. The lowest BCUT2D eigenvalue weighted by Gasteiger charge is -2.06. The molecule has 6 heteroatoms. The third-order valence-electron chi connectivity index (χ3n) is 2.93. The SMILES string of the molecule is Cc1ccc(C(=O)O[PH](=O)OC(=O)c2ccc(C)cc2)cc1. The second-order valence-corrected chi connectivity index (χ2v) is 5.67. The van der Waals surface area contributed by atoms with E-state index in [-0.39, 0.29) is 11.1 Å². The maximum absolute atomic E-state index is 11.7. The van der Waals surface area contributed by atoms with Crippen LogP contribution in [0.4, 0.5) is 0 Å². The van der Waals surface area contributed by atoms with E-state index >= 15 is 0 Å². The molecule has 0 saturated carbocycles. The number of hydrogen-bond acceptors (Lipinski definition) is 5. The number of benzene rings is 2. The standard InChI is InChI=1S/C16H15O5P/c1-11-3-7-13(8-4-11)15(17)20-22(19)21-16(18)14-9-5-12(2)6-10-14/h3-10,22H,1-2H3. The van der Waals surface area contributed by atoms with Gasteiger partial charge in [0, 0.05) is 0 Å². The normalized spacial score (nSPS) is 10.3. The second kappa shape index (κ2) is 7.05. The van der Waals surface area contributed by atoms with Crippen molar-refractivity contribution in [2.24, 2.45) is 0 Å². The molecule has 0 N–H and O–H groups in total. The molecule has 2 rings (SSSR count). The van der Waals surface area contributed by atoms with Crippen molar-refractivity contribution in [2.45, 2.75) is 13.8 Å². The first-order valence-corrected chi connectivity index (χ1v) is 7.80. The molecule has 0 atom stereocenters. The molecule has 0 bridgehead atoms. The van der Waals surface area contributed by atoms with Gasteiger partial charge in [-0.15, -0.1) is 0 Å². The molecule has 0 aliphatic carbocycles. The van der Waals surface area contributed by atoms with Crippen LogP contribution in [-0.2, 0) is 13.6 Å². The van der Waals surface area contributed by atoms with Gasteiger partial charge in [-0.25, -0.2) is 14.2 Å². The summed E-state index contributed by atoms with van der Waals surface area (Å²) in [6.45, 7) is 3.75. The highest BCUT2D eigenvalue weighted by Gasteiger charge is 2.16. The molecule has 0 aliphatic rings. The monoisotopic (exact) mass is 318 g/mol. The average molecular weight is 318 g/mol. The van der Waals surface area contributed by atoms with E-state index in [0.717, 1.165) is 11.1 Å². The number of carbonyl (C=O) groups is 2. The van der Waals surface area contributed by atoms with Crippen molar-refractivity contribution in [3.05, 3.63) is 70.8 Å². The maximum atomic E-state index is 11.7. The summed E-state index contributed by atoms with van der Waals surface area (Å²) in [7, 11) is -3.25. The number of carbonyl (C=O) groups excluding carboxylic acids is 2. The van der Waals surface area contributed by atoms with Crippen molar-refractivity contribution in [1.82, 2.24) is 0 Å². The van der Waals surface area contributed by atoms with Gasteiger partial charge < -0.3 is 9.05 Å². The van der Waals surface area contributed by atoms with Gasteiger partial charge in [-0.2, -0.15) is 0 Å². The van der Waals surface area contributed by atoms with Crippen LogP contribution in [-0.4, -0.2) is 11.9 Å². The van der Waals surface area contributed by atoms with Crippen LogP contribution in [0.5, 0.6) is 0 Å². The molecule has 0 aliphatic heterocycles. The minimum atomic E-state index is -3.25. The smallest absolute Gasteiger partial charge is 0.381 e. The highest BCUT2D eigenvalue weighted by Crippen LogP contribution is 2.27. The van der Waals surface area contributed by atoms with E-state index in [4.69, 9.17) is 0 Å². The third-order valence-corrected chi connectivity index (χ3v) is 3.63. The van der Waals surface area contributed by atoms with E-state index in [1.807, 2.05) is 13.8 Å². The first-order valence-electron chi connectivity index (χ1n) is 6.57. The molecule has 0 saturated heterocycles. The van der Waals surface area contributed by atoms with Crippen LogP contribution >= 0.6 is 8.25 Å². The lowest BCUT2D eigenvalue weighted by atomic mass is 10.2. The Kier molecular flexibility index (Phi) is 5.12. The fraction of sp³-hybridized carbons (Fsp3) is 0.125. The summed E-state index contributed by atoms with van der Waals surface area (Å²) < 4.78 is 21.0. The van der Waals surface area contributed by atoms with E-state index in [1.165, 1.54) is 0 Å². The predicted octanol–water partition coefficient (Wildman–Crippen LogP) is 3.71. The summed E-state index contributed by atoms with van der Waals surface area (Å²) in [5, 5.41) is 0.